The number of nitrogen functional groups attached to an aromatic ring is 1. The van der Waals surface area contributed by atoms with E-state index in [2.05, 4.69) is 5.32 Å². The minimum atomic E-state index is -0.246. The number of anilines is 2. The molecule has 3 rings (SSSR count). The third-order valence-corrected chi connectivity index (χ3v) is 3.72. The van der Waals surface area contributed by atoms with Crippen molar-refractivity contribution in [1.82, 2.24) is 4.57 Å². The second-order valence-electron chi connectivity index (χ2n) is 5.06. The maximum atomic E-state index is 12.4. The van der Waals surface area contributed by atoms with Crippen LogP contribution in [0.5, 0.6) is 0 Å². The van der Waals surface area contributed by atoms with Crippen molar-refractivity contribution in [3.05, 3.63) is 46.7 Å². The monoisotopic (exact) mass is 300 g/mol. The van der Waals surface area contributed by atoms with Crippen molar-refractivity contribution in [2.75, 3.05) is 11.1 Å². The summed E-state index contributed by atoms with van der Waals surface area (Å²) in [6, 6.07) is 8.81. The number of hydrogen-bond donors (Lipinski definition) is 2. The molecule has 1 aromatic heterocycles. The van der Waals surface area contributed by atoms with Crippen molar-refractivity contribution in [3.8, 4) is 6.07 Å². The highest BCUT2D eigenvalue weighted by Crippen LogP contribution is 2.37. The van der Waals surface area contributed by atoms with E-state index in [-0.39, 0.29) is 5.91 Å². The van der Waals surface area contributed by atoms with Crippen LogP contribution in [0.4, 0.5) is 11.4 Å². The fraction of sp³-hybridized carbons (Fsp3) is 0.200. The van der Waals surface area contributed by atoms with E-state index in [4.69, 9.17) is 22.6 Å². The van der Waals surface area contributed by atoms with E-state index in [0.717, 1.165) is 12.8 Å². The Hall–Kier alpha value is -2.45. The van der Waals surface area contributed by atoms with Crippen LogP contribution in [0, 0.1) is 11.3 Å². The molecule has 1 fully saturated rings. The lowest BCUT2D eigenvalue weighted by atomic mass is 10.2. The molecule has 1 aromatic carbocycles. The van der Waals surface area contributed by atoms with E-state index >= 15 is 0 Å². The number of benzene rings is 1. The number of carbonyl (C=O) groups excluding carboxylic acids is 1. The van der Waals surface area contributed by atoms with Crippen LogP contribution >= 0.6 is 11.6 Å². The average molecular weight is 301 g/mol. The first kappa shape index (κ1) is 13.5. The molecule has 0 aliphatic heterocycles. The number of hydrogen-bond acceptors (Lipinski definition) is 3. The Bertz CT molecular complexity index is 756. The first-order chi connectivity index (χ1) is 10.1. The third kappa shape index (κ3) is 2.71. The number of nitriles is 1. The zero-order valence-electron chi connectivity index (χ0n) is 11.1. The Balaban J connectivity index is 1.85. The average Bonchev–Trinajstić information content (AvgIpc) is 3.23. The van der Waals surface area contributed by atoms with Gasteiger partial charge in [-0.2, -0.15) is 5.26 Å². The Morgan fingerprint density at radius 1 is 1.43 bits per heavy atom. The van der Waals surface area contributed by atoms with Gasteiger partial charge in [0.05, 0.1) is 16.3 Å². The molecule has 0 unspecified atom stereocenters. The van der Waals surface area contributed by atoms with Crippen LogP contribution < -0.4 is 11.1 Å². The predicted molar refractivity (Wildman–Crippen MR) is 81.2 cm³/mol. The Morgan fingerprint density at radius 2 is 2.19 bits per heavy atom. The van der Waals surface area contributed by atoms with Gasteiger partial charge in [0.25, 0.3) is 5.91 Å². The molecule has 0 atom stereocenters. The van der Waals surface area contributed by atoms with E-state index < -0.39 is 0 Å². The molecule has 1 heterocycles. The molecule has 6 heteroatoms. The van der Waals surface area contributed by atoms with E-state index in [0.29, 0.717) is 33.7 Å². The lowest BCUT2D eigenvalue weighted by molar-refractivity contribution is 0.101. The fourth-order valence-corrected chi connectivity index (χ4v) is 2.38. The summed E-state index contributed by atoms with van der Waals surface area (Å²) in [7, 11) is 0. The molecule has 1 aliphatic rings. The first-order valence-corrected chi connectivity index (χ1v) is 6.94. The molecule has 1 saturated carbocycles. The summed E-state index contributed by atoms with van der Waals surface area (Å²) in [6.45, 7) is 0. The summed E-state index contributed by atoms with van der Waals surface area (Å²) in [6.07, 6.45) is 3.91. The zero-order valence-corrected chi connectivity index (χ0v) is 11.9. The van der Waals surface area contributed by atoms with Gasteiger partial charge >= 0.3 is 0 Å². The number of aromatic nitrogens is 1. The normalized spacial score (nSPS) is 13.7. The molecule has 0 spiro atoms. The number of amides is 1. The SMILES string of the molecule is N#Cc1cc(NC(=O)c2cc(N)cn2C2CC2)ccc1Cl. The van der Waals surface area contributed by atoms with Gasteiger partial charge in [0, 0.05) is 17.9 Å². The standard InChI is InChI=1S/C15H13ClN4O/c16-13-4-1-11(5-9(13)7-17)19-15(21)14-6-10(18)8-20(14)12-2-3-12/h1,4-6,8,12H,2-3,18H2,(H,19,21). The highest BCUT2D eigenvalue weighted by Gasteiger charge is 2.27. The molecule has 0 saturated heterocycles. The second kappa shape index (κ2) is 5.15. The Labute approximate surface area is 126 Å². The lowest BCUT2D eigenvalue weighted by Crippen LogP contribution is -2.16. The fourth-order valence-electron chi connectivity index (χ4n) is 2.22. The summed E-state index contributed by atoms with van der Waals surface area (Å²) in [5.74, 6) is -0.246. The quantitative estimate of drug-likeness (QED) is 0.913. The number of nitrogens with one attached hydrogen (secondary N) is 1. The van der Waals surface area contributed by atoms with Crippen LogP contribution in [0.2, 0.25) is 5.02 Å². The maximum Gasteiger partial charge on any atom is 0.272 e. The van der Waals surface area contributed by atoms with Crippen LogP contribution in [-0.2, 0) is 0 Å². The number of nitrogens with zero attached hydrogens (tertiary/aromatic N) is 2. The molecule has 0 radical (unpaired) electrons. The molecule has 1 amide bonds. The van der Waals surface area contributed by atoms with Crippen LogP contribution in [0.3, 0.4) is 0 Å². The molecule has 2 aromatic rings. The van der Waals surface area contributed by atoms with Crippen LogP contribution in [0.1, 0.15) is 34.9 Å². The van der Waals surface area contributed by atoms with Crippen molar-refractivity contribution >= 4 is 28.9 Å². The van der Waals surface area contributed by atoms with Crippen molar-refractivity contribution < 1.29 is 4.79 Å². The molecule has 106 valence electrons. The molecular weight excluding hydrogens is 288 g/mol. The minimum Gasteiger partial charge on any atom is -0.397 e. The van der Waals surface area contributed by atoms with Gasteiger partial charge in [-0.05, 0) is 37.1 Å². The summed E-state index contributed by atoms with van der Waals surface area (Å²) in [4.78, 5) is 12.4. The third-order valence-electron chi connectivity index (χ3n) is 3.39. The van der Waals surface area contributed by atoms with Gasteiger partial charge in [-0.3, -0.25) is 4.79 Å². The molecule has 0 bridgehead atoms. The highest BCUT2D eigenvalue weighted by molar-refractivity contribution is 6.31. The van der Waals surface area contributed by atoms with E-state index in [9.17, 15) is 4.79 Å². The van der Waals surface area contributed by atoms with E-state index in [1.54, 1.807) is 30.5 Å². The lowest BCUT2D eigenvalue weighted by Gasteiger charge is -2.09. The predicted octanol–water partition coefficient (Wildman–Crippen LogP) is 3.18. The van der Waals surface area contributed by atoms with Crippen LogP contribution in [0.25, 0.3) is 0 Å². The summed E-state index contributed by atoms with van der Waals surface area (Å²) >= 11 is 5.87. The van der Waals surface area contributed by atoms with Gasteiger partial charge in [-0.1, -0.05) is 11.6 Å². The Morgan fingerprint density at radius 3 is 2.86 bits per heavy atom. The number of halogens is 1. The maximum absolute atomic E-state index is 12.4. The van der Waals surface area contributed by atoms with Gasteiger partial charge in [-0.25, -0.2) is 0 Å². The van der Waals surface area contributed by atoms with Crippen molar-refractivity contribution in [1.29, 1.82) is 5.26 Å². The van der Waals surface area contributed by atoms with Gasteiger partial charge in [0.2, 0.25) is 0 Å². The Kier molecular flexibility index (Phi) is 3.32. The number of nitrogens with two attached hydrogens (primary N) is 1. The van der Waals surface area contributed by atoms with Gasteiger partial charge in [0.15, 0.2) is 0 Å². The van der Waals surface area contributed by atoms with Crippen molar-refractivity contribution in [2.24, 2.45) is 0 Å². The van der Waals surface area contributed by atoms with Gasteiger partial charge in [-0.15, -0.1) is 0 Å². The van der Waals surface area contributed by atoms with Crippen molar-refractivity contribution in [2.45, 2.75) is 18.9 Å². The van der Waals surface area contributed by atoms with Crippen LogP contribution in [-0.4, -0.2) is 10.5 Å². The second-order valence-corrected chi connectivity index (χ2v) is 5.46. The van der Waals surface area contributed by atoms with E-state index in [1.807, 2.05) is 10.6 Å². The smallest absolute Gasteiger partial charge is 0.272 e. The number of rotatable bonds is 3. The first-order valence-electron chi connectivity index (χ1n) is 6.57. The van der Waals surface area contributed by atoms with Crippen LogP contribution in [0.15, 0.2) is 30.5 Å². The number of carbonyl (C=O) groups is 1. The zero-order chi connectivity index (χ0) is 15.0. The summed E-state index contributed by atoms with van der Waals surface area (Å²) in [5.41, 5.74) is 7.74. The highest BCUT2D eigenvalue weighted by atomic mass is 35.5. The minimum absolute atomic E-state index is 0.246. The molecule has 21 heavy (non-hydrogen) atoms. The molecular formula is C15H13ClN4O. The summed E-state index contributed by atoms with van der Waals surface area (Å²) in [5, 5.41) is 12.1. The molecule has 1 aliphatic carbocycles. The topological polar surface area (TPSA) is 83.8 Å². The summed E-state index contributed by atoms with van der Waals surface area (Å²) < 4.78 is 1.91. The molecule has 3 N–H and O–H groups in total. The largest absolute Gasteiger partial charge is 0.397 e. The van der Waals surface area contributed by atoms with Gasteiger partial charge in [0.1, 0.15) is 11.8 Å². The van der Waals surface area contributed by atoms with Gasteiger partial charge < -0.3 is 15.6 Å². The van der Waals surface area contributed by atoms with E-state index in [1.165, 1.54) is 0 Å². The van der Waals surface area contributed by atoms with Crippen molar-refractivity contribution in [3.63, 3.8) is 0 Å². The molecule has 5 nitrogen and oxygen atoms in total.